The Bertz CT molecular complexity index is 506. The molecule has 4 N–H and O–H groups in total. The lowest BCUT2D eigenvalue weighted by Gasteiger charge is -2.16. The van der Waals surface area contributed by atoms with Crippen LogP contribution in [-0.4, -0.2) is 24.2 Å². The van der Waals surface area contributed by atoms with E-state index in [1.165, 1.54) is 0 Å². The Morgan fingerprint density at radius 3 is 2.90 bits per heavy atom. The number of rotatable bonds is 7. The van der Waals surface area contributed by atoms with Gasteiger partial charge in [0.15, 0.2) is 5.84 Å². The third kappa shape index (κ3) is 4.18. The lowest BCUT2D eigenvalue weighted by atomic mass is 10.1. The zero-order valence-electron chi connectivity index (χ0n) is 11.9. The van der Waals surface area contributed by atoms with Gasteiger partial charge in [-0.3, -0.25) is 0 Å². The monoisotopic (exact) mass is 275 g/mol. The van der Waals surface area contributed by atoms with Crippen LogP contribution >= 0.6 is 0 Å². The molecular weight excluding hydrogens is 254 g/mol. The van der Waals surface area contributed by atoms with E-state index in [1.807, 2.05) is 6.07 Å². The largest absolute Gasteiger partial charge is 0.496 e. The first-order valence-corrected chi connectivity index (χ1v) is 6.47. The zero-order valence-corrected chi connectivity index (χ0v) is 11.9. The number of hydrogen-bond acceptors (Lipinski definition) is 4. The Hall–Kier alpha value is -2.19. The van der Waals surface area contributed by atoms with Gasteiger partial charge in [-0.15, -0.1) is 12.3 Å². The molecule has 0 saturated carbocycles. The SMILES string of the molecule is C#CCC(CC)NCc1cc(/C(N)=N/O)ccc1OC. The lowest BCUT2D eigenvalue weighted by molar-refractivity contribution is 0.318. The normalized spacial score (nSPS) is 12.8. The molecule has 0 fully saturated rings. The molecule has 0 spiro atoms. The minimum Gasteiger partial charge on any atom is -0.496 e. The highest BCUT2D eigenvalue weighted by Crippen LogP contribution is 2.20. The van der Waals surface area contributed by atoms with Gasteiger partial charge in [-0.05, 0) is 24.6 Å². The summed E-state index contributed by atoms with van der Waals surface area (Å²) < 4.78 is 5.32. The van der Waals surface area contributed by atoms with Crippen molar-refractivity contribution in [1.82, 2.24) is 5.32 Å². The number of oxime groups is 1. The van der Waals surface area contributed by atoms with Crippen LogP contribution in [0.4, 0.5) is 0 Å². The zero-order chi connectivity index (χ0) is 15.0. The molecule has 0 aliphatic heterocycles. The summed E-state index contributed by atoms with van der Waals surface area (Å²) in [6.07, 6.45) is 6.97. The molecule has 0 saturated heterocycles. The van der Waals surface area contributed by atoms with Crippen molar-refractivity contribution in [3.05, 3.63) is 29.3 Å². The van der Waals surface area contributed by atoms with Crippen LogP contribution in [0, 0.1) is 12.3 Å². The standard InChI is InChI=1S/C15H21N3O2/c1-4-6-13(5-2)17-10-12-9-11(15(16)18-19)7-8-14(12)20-3/h1,7-9,13,17,19H,5-6,10H2,2-3H3,(H2,16,18). The van der Waals surface area contributed by atoms with Crippen LogP contribution < -0.4 is 15.8 Å². The van der Waals surface area contributed by atoms with E-state index in [0.717, 1.165) is 17.7 Å². The Balaban J connectivity index is 2.89. The van der Waals surface area contributed by atoms with Crippen molar-refractivity contribution in [3.63, 3.8) is 0 Å². The number of hydrogen-bond donors (Lipinski definition) is 3. The molecule has 0 heterocycles. The first-order chi connectivity index (χ1) is 9.65. The number of ether oxygens (including phenoxy) is 1. The average Bonchev–Trinajstić information content (AvgIpc) is 2.50. The van der Waals surface area contributed by atoms with E-state index < -0.39 is 0 Å². The molecule has 0 amide bonds. The number of amidine groups is 1. The molecule has 1 rings (SSSR count). The molecule has 108 valence electrons. The maximum Gasteiger partial charge on any atom is 0.170 e. The molecule has 0 radical (unpaired) electrons. The Kier molecular flexibility index (Phi) is 6.41. The van der Waals surface area contributed by atoms with Crippen LogP contribution in [0.2, 0.25) is 0 Å². The number of benzene rings is 1. The van der Waals surface area contributed by atoms with Gasteiger partial charge < -0.3 is 21.0 Å². The minimum absolute atomic E-state index is 0.0737. The van der Waals surface area contributed by atoms with Gasteiger partial charge in [-0.2, -0.15) is 0 Å². The van der Waals surface area contributed by atoms with Gasteiger partial charge >= 0.3 is 0 Å². The minimum atomic E-state index is 0.0737. The Morgan fingerprint density at radius 1 is 1.60 bits per heavy atom. The molecule has 1 aromatic carbocycles. The summed E-state index contributed by atoms with van der Waals surface area (Å²) in [4.78, 5) is 0. The molecule has 0 aromatic heterocycles. The fraction of sp³-hybridized carbons (Fsp3) is 0.400. The van der Waals surface area contributed by atoms with Crippen molar-refractivity contribution in [2.75, 3.05) is 7.11 Å². The second-order valence-corrected chi connectivity index (χ2v) is 4.41. The van der Waals surface area contributed by atoms with Crippen molar-refractivity contribution >= 4 is 5.84 Å². The van der Waals surface area contributed by atoms with E-state index in [2.05, 4.69) is 23.3 Å². The Morgan fingerprint density at radius 2 is 2.35 bits per heavy atom. The number of nitrogens with zero attached hydrogens (tertiary/aromatic N) is 1. The molecule has 1 atom stereocenters. The summed E-state index contributed by atoms with van der Waals surface area (Å²) in [6.45, 7) is 2.69. The molecule has 0 bridgehead atoms. The molecule has 1 unspecified atom stereocenters. The lowest BCUT2D eigenvalue weighted by Crippen LogP contribution is -2.27. The maximum absolute atomic E-state index is 8.73. The number of nitrogens with one attached hydrogen (secondary N) is 1. The first-order valence-electron chi connectivity index (χ1n) is 6.47. The quantitative estimate of drug-likeness (QED) is 0.232. The van der Waals surface area contributed by atoms with Crippen molar-refractivity contribution in [2.45, 2.75) is 32.4 Å². The highest BCUT2D eigenvalue weighted by Gasteiger charge is 2.09. The van der Waals surface area contributed by atoms with E-state index >= 15 is 0 Å². The smallest absolute Gasteiger partial charge is 0.170 e. The third-order valence-electron chi connectivity index (χ3n) is 3.12. The molecule has 20 heavy (non-hydrogen) atoms. The van der Waals surface area contributed by atoms with E-state index in [9.17, 15) is 0 Å². The fourth-order valence-electron chi connectivity index (χ4n) is 1.89. The molecule has 1 aromatic rings. The van der Waals surface area contributed by atoms with E-state index in [4.69, 9.17) is 22.1 Å². The van der Waals surface area contributed by atoms with E-state index in [1.54, 1.807) is 19.2 Å². The average molecular weight is 275 g/mol. The van der Waals surface area contributed by atoms with Crippen molar-refractivity contribution in [2.24, 2.45) is 10.9 Å². The second-order valence-electron chi connectivity index (χ2n) is 4.41. The predicted octanol–water partition coefficient (Wildman–Crippen LogP) is 1.68. The van der Waals surface area contributed by atoms with Gasteiger partial charge in [0.05, 0.1) is 7.11 Å². The fourth-order valence-corrected chi connectivity index (χ4v) is 1.89. The molecule has 5 nitrogen and oxygen atoms in total. The van der Waals surface area contributed by atoms with Gasteiger partial charge in [0.2, 0.25) is 0 Å². The van der Waals surface area contributed by atoms with Gasteiger partial charge in [0, 0.05) is 30.1 Å². The Labute approximate surface area is 119 Å². The van der Waals surface area contributed by atoms with Crippen LogP contribution in [0.1, 0.15) is 30.9 Å². The maximum atomic E-state index is 8.73. The van der Waals surface area contributed by atoms with Crippen LogP contribution in [-0.2, 0) is 6.54 Å². The second kappa shape index (κ2) is 8.08. The third-order valence-corrected chi connectivity index (χ3v) is 3.12. The van der Waals surface area contributed by atoms with Crippen molar-refractivity contribution < 1.29 is 9.94 Å². The number of nitrogens with two attached hydrogens (primary N) is 1. The molecule has 0 aliphatic rings. The summed E-state index contributed by atoms with van der Waals surface area (Å²) >= 11 is 0. The number of terminal acetylenes is 1. The highest BCUT2D eigenvalue weighted by molar-refractivity contribution is 5.97. The molecular formula is C15H21N3O2. The summed E-state index contributed by atoms with van der Waals surface area (Å²) in [5.41, 5.74) is 7.18. The molecule has 5 heteroatoms. The van der Waals surface area contributed by atoms with Gasteiger partial charge in [0.1, 0.15) is 5.75 Å². The van der Waals surface area contributed by atoms with E-state index in [-0.39, 0.29) is 11.9 Å². The molecule has 0 aliphatic carbocycles. The van der Waals surface area contributed by atoms with Crippen molar-refractivity contribution in [3.8, 4) is 18.1 Å². The van der Waals surface area contributed by atoms with Crippen molar-refractivity contribution in [1.29, 1.82) is 0 Å². The summed E-state index contributed by atoms with van der Waals surface area (Å²) in [6, 6.07) is 5.64. The van der Waals surface area contributed by atoms with Crippen LogP contribution in [0.5, 0.6) is 5.75 Å². The van der Waals surface area contributed by atoms with Gasteiger partial charge in [-0.25, -0.2) is 0 Å². The van der Waals surface area contributed by atoms with Gasteiger partial charge in [-0.1, -0.05) is 12.1 Å². The van der Waals surface area contributed by atoms with Crippen LogP contribution in [0.3, 0.4) is 0 Å². The summed E-state index contributed by atoms with van der Waals surface area (Å²) in [7, 11) is 1.61. The van der Waals surface area contributed by atoms with Crippen LogP contribution in [0.25, 0.3) is 0 Å². The predicted molar refractivity (Wildman–Crippen MR) is 79.9 cm³/mol. The van der Waals surface area contributed by atoms with Gasteiger partial charge in [0.25, 0.3) is 0 Å². The van der Waals surface area contributed by atoms with E-state index in [0.29, 0.717) is 18.5 Å². The summed E-state index contributed by atoms with van der Waals surface area (Å²) in [5.74, 6) is 3.48. The van der Waals surface area contributed by atoms with Crippen LogP contribution in [0.15, 0.2) is 23.4 Å². The highest BCUT2D eigenvalue weighted by atomic mass is 16.5. The topological polar surface area (TPSA) is 79.9 Å². The number of methoxy groups -OCH3 is 1. The first kappa shape index (κ1) is 15.9. The summed E-state index contributed by atoms with van der Waals surface area (Å²) in [5, 5.41) is 15.1.